The molecule has 1 aromatic rings. The molecule has 0 spiro atoms. The highest BCUT2D eigenvalue weighted by atomic mass is 16.2. The fourth-order valence-electron chi connectivity index (χ4n) is 2.76. The number of aromatic nitrogens is 1. The highest BCUT2D eigenvalue weighted by Gasteiger charge is 2.25. The van der Waals surface area contributed by atoms with Crippen LogP contribution in [0.5, 0.6) is 0 Å². The molecule has 1 saturated carbocycles. The van der Waals surface area contributed by atoms with Gasteiger partial charge in [0.05, 0.1) is 0 Å². The van der Waals surface area contributed by atoms with E-state index in [1.54, 1.807) is 24.5 Å². The zero-order valence-electron chi connectivity index (χ0n) is 11.4. The SMILES string of the molecule is NCCCN(C(=O)c1ccncc1)C1CCCCC1. The van der Waals surface area contributed by atoms with Crippen LogP contribution in [-0.4, -0.2) is 34.9 Å². The van der Waals surface area contributed by atoms with Gasteiger partial charge in [0, 0.05) is 30.5 Å². The molecule has 0 unspecified atom stereocenters. The quantitative estimate of drug-likeness (QED) is 0.884. The van der Waals surface area contributed by atoms with Crippen molar-refractivity contribution in [3.05, 3.63) is 30.1 Å². The fraction of sp³-hybridized carbons (Fsp3) is 0.600. The van der Waals surface area contributed by atoms with Gasteiger partial charge in [-0.2, -0.15) is 0 Å². The number of nitrogens with two attached hydrogens (primary N) is 1. The summed E-state index contributed by atoms with van der Waals surface area (Å²) < 4.78 is 0. The largest absolute Gasteiger partial charge is 0.336 e. The van der Waals surface area contributed by atoms with E-state index >= 15 is 0 Å². The molecule has 4 nitrogen and oxygen atoms in total. The highest BCUT2D eigenvalue weighted by Crippen LogP contribution is 2.24. The van der Waals surface area contributed by atoms with Crippen molar-refractivity contribution in [3.63, 3.8) is 0 Å². The lowest BCUT2D eigenvalue weighted by molar-refractivity contribution is 0.0632. The van der Waals surface area contributed by atoms with Gasteiger partial charge in [0.25, 0.3) is 5.91 Å². The maximum atomic E-state index is 12.6. The summed E-state index contributed by atoms with van der Waals surface area (Å²) in [6.07, 6.45) is 10.2. The minimum absolute atomic E-state index is 0.128. The van der Waals surface area contributed by atoms with Crippen LogP contribution in [0.3, 0.4) is 0 Å². The van der Waals surface area contributed by atoms with Crippen LogP contribution >= 0.6 is 0 Å². The molecule has 0 aromatic carbocycles. The Morgan fingerprint density at radius 3 is 2.58 bits per heavy atom. The molecule has 19 heavy (non-hydrogen) atoms. The topological polar surface area (TPSA) is 59.2 Å². The van der Waals surface area contributed by atoms with Crippen molar-refractivity contribution in [2.45, 2.75) is 44.6 Å². The average molecular weight is 261 g/mol. The van der Waals surface area contributed by atoms with Crippen LogP contribution in [0, 0.1) is 0 Å². The summed E-state index contributed by atoms with van der Waals surface area (Å²) in [4.78, 5) is 18.6. The molecule has 1 fully saturated rings. The fourth-order valence-corrected chi connectivity index (χ4v) is 2.76. The van der Waals surface area contributed by atoms with Gasteiger partial charge in [0.15, 0.2) is 0 Å². The molecule has 1 heterocycles. The summed E-state index contributed by atoms with van der Waals surface area (Å²) in [6, 6.07) is 3.97. The molecular weight excluding hydrogens is 238 g/mol. The lowest BCUT2D eigenvalue weighted by atomic mass is 9.93. The van der Waals surface area contributed by atoms with Gasteiger partial charge < -0.3 is 10.6 Å². The number of carbonyl (C=O) groups is 1. The lowest BCUT2D eigenvalue weighted by Crippen LogP contribution is -2.42. The normalized spacial score (nSPS) is 16.3. The molecule has 1 amide bonds. The van der Waals surface area contributed by atoms with Gasteiger partial charge in [-0.15, -0.1) is 0 Å². The van der Waals surface area contributed by atoms with Crippen molar-refractivity contribution in [2.75, 3.05) is 13.1 Å². The van der Waals surface area contributed by atoms with Gasteiger partial charge in [0.1, 0.15) is 0 Å². The van der Waals surface area contributed by atoms with Crippen LogP contribution in [0.1, 0.15) is 48.9 Å². The number of rotatable bonds is 5. The Balaban J connectivity index is 2.09. The van der Waals surface area contributed by atoms with E-state index in [4.69, 9.17) is 5.73 Å². The number of amides is 1. The second-order valence-electron chi connectivity index (χ2n) is 5.17. The van der Waals surface area contributed by atoms with Crippen molar-refractivity contribution in [1.29, 1.82) is 0 Å². The zero-order valence-corrected chi connectivity index (χ0v) is 11.4. The number of hydrogen-bond acceptors (Lipinski definition) is 3. The Kier molecular flexibility index (Phi) is 5.33. The molecule has 1 aliphatic carbocycles. The van der Waals surface area contributed by atoms with Gasteiger partial charge in [-0.3, -0.25) is 9.78 Å². The summed E-state index contributed by atoms with van der Waals surface area (Å²) in [5, 5.41) is 0. The minimum Gasteiger partial charge on any atom is -0.336 e. The molecule has 0 bridgehead atoms. The second kappa shape index (κ2) is 7.24. The van der Waals surface area contributed by atoms with E-state index in [0.29, 0.717) is 12.6 Å². The van der Waals surface area contributed by atoms with Gasteiger partial charge in [0.2, 0.25) is 0 Å². The third kappa shape index (κ3) is 3.77. The number of pyridine rings is 1. The first-order chi connectivity index (χ1) is 9.33. The van der Waals surface area contributed by atoms with Gasteiger partial charge in [-0.05, 0) is 37.9 Å². The van der Waals surface area contributed by atoms with Crippen LogP contribution in [0.15, 0.2) is 24.5 Å². The maximum absolute atomic E-state index is 12.6. The Hall–Kier alpha value is -1.42. The van der Waals surface area contributed by atoms with Crippen molar-refractivity contribution in [2.24, 2.45) is 5.73 Å². The van der Waals surface area contributed by atoms with Crippen molar-refractivity contribution < 1.29 is 4.79 Å². The summed E-state index contributed by atoms with van der Waals surface area (Å²) in [7, 11) is 0. The van der Waals surface area contributed by atoms with E-state index < -0.39 is 0 Å². The third-order valence-electron chi connectivity index (χ3n) is 3.81. The van der Waals surface area contributed by atoms with Crippen molar-refractivity contribution in [1.82, 2.24) is 9.88 Å². The standard InChI is InChI=1S/C15H23N3O/c16-9-4-12-18(14-5-2-1-3-6-14)15(19)13-7-10-17-11-8-13/h7-8,10-11,14H,1-6,9,12,16H2. The minimum atomic E-state index is 0.128. The predicted octanol–water partition coefficient (Wildman–Crippen LogP) is 2.21. The van der Waals surface area contributed by atoms with Crippen molar-refractivity contribution >= 4 is 5.91 Å². The smallest absolute Gasteiger partial charge is 0.254 e. The van der Waals surface area contributed by atoms with Crippen LogP contribution in [-0.2, 0) is 0 Å². The number of carbonyl (C=O) groups excluding carboxylic acids is 1. The molecule has 1 aliphatic rings. The van der Waals surface area contributed by atoms with Gasteiger partial charge in [-0.25, -0.2) is 0 Å². The Morgan fingerprint density at radius 1 is 1.26 bits per heavy atom. The van der Waals surface area contributed by atoms with Crippen LogP contribution in [0.25, 0.3) is 0 Å². The molecule has 0 atom stereocenters. The first kappa shape index (κ1) is 14.0. The van der Waals surface area contributed by atoms with E-state index in [2.05, 4.69) is 4.98 Å². The van der Waals surface area contributed by atoms with Crippen LogP contribution in [0.2, 0.25) is 0 Å². The van der Waals surface area contributed by atoms with Gasteiger partial charge in [-0.1, -0.05) is 19.3 Å². The average Bonchev–Trinajstić information content (AvgIpc) is 2.49. The van der Waals surface area contributed by atoms with Crippen molar-refractivity contribution in [3.8, 4) is 0 Å². The zero-order chi connectivity index (χ0) is 13.5. The molecule has 4 heteroatoms. The van der Waals surface area contributed by atoms with E-state index in [1.807, 2.05) is 4.90 Å². The Morgan fingerprint density at radius 2 is 1.95 bits per heavy atom. The van der Waals surface area contributed by atoms with Crippen LogP contribution in [0.4, 0.5) is 0 Å². The highest BCUT2D eigenvalue weighted by molar-refractivity contribution is 5.94. The number of nitrogens with zero attached hydrogens (tertiary/aromatic N) is 2. The molecule has 0 saturated heterocycles. The Labute approximate surface area is 115 Å². The Bertz CT molecular complexity index is 388. The molecular formula is C15H23N3O. The lowest BCUT2D eigenvalue weighted by Gasteiger charge is -2.34. The van der Waals surface area contributed by atoms with Crippen LogP contribution < -0.4 is 5.73 Å². The van der Waals surface area contributed by atoms with E-state index in [9.17, 15) is 4.79 Å². The summed E-state index contributed by atoms with van der Waals surface area (Å²) in [5.41, 5.74) is 6.33. The first-order valence-electron chi connectivity index (χ1n) is 7.24. The number of hydrogen-bond donors (Lipinski definition) is 1. The first-order valence-corrected chi connectivity index (χ1v) is 7.24. The summed E-state index contributed by atoms with van der Waals surface area (Å²) >= 11 is 0. The molecule has 1 aromatic heterocycles. The van der Waals surface area contributed by atoms with E-state index in [0.717, 1.165) is 31.4 Å². The summed E-state index contributed by atoms with van der Waals surface area (Å²) in [6.45, 7) is 1.40. The molecule has 0 radical (unpaired) electrons. The second-order valence-corrected chi connectivity index (χ2v) is 5.17. The predicted molar refractivity (Wildman–Crippen MR) is 75.8 cm³/mol. The maximum Gasteiger partial charge on any atom is 0.254 e. The molecule has 0 aliphatic heterocycles. The van der Waals surface area contributed by atoms with E-state index in [1.165, 1.54) is 19.3 Å². The molecule has 104 valence electrons. The van der Waals surface area contributed by atoms with Gasteiger partial charge >= 0.3 is 0 Å². The molecule has 2 N–H and O–H groups in total. The summed E-state index contributed by atoms with van der Waals surface area (Å²) in [5.74, 6) is 0.128. The monoisotopic (exact) mass is 261 g/mol. The third-order valence-corrected chi connectivity index (χ3v) is 3.81. The molecule has 2 rings (SSSR count). The van der Waals surface area contributed by atoms with E-state index in [-0.39, 0.29) is 5.91 Å².